The van der Waals surface area contributed by atoms with Gasteiger partial charge in [-0.25, -0.2) is 0 Å². The summed E-state index contributed by atoms with van der Waals surface area (Å²) in [5.74, 6) is 0. The van der Waals surface area contributed by atoms with Crippen LogP contribution in [0.15, 0.2) is 0 Å². The molecule has 0 rings (SSSR count). The summed E-state index contributed by atoms with van der Waals surface area (Å²) in [5, 5.41) is 0. The van der Waals surface area contributed by atoms with E-state index in [4.69, 9.17) is 0 Å². The second-order valence-electron chi connectivity index (χ2n) is 0. The van der Waals surface area contributed by atoms with Crippen LogP contribution in [-0.4, -0.2) is 105 Å². The van der Waals surface area contributed by atoms with E-state index in [0.717, 1.165) is 0 Å². The van der Waals surface area contributed by atoms with Gasteiger partial charge in [-0.2, -0.15) is 0 Å². The molecule has 0 bridgehead atoms. The van der Waals surface area contributed by atoms with E-state index in [9.17, 15) is 0 Å². The van der Waals surface area contributed by atoms with E-state index in [1.165, 1.54) is 0 Å². The van der Waals surface area contributed by atoms with Gasteiger partial charge in [0, 0.05) is 43.4 Å². The molecule has 0 heterocycles. The average molecular weight is 296 g/mol. The summed E-state index contributed by atoms with van der Waals surface area (Å²) in [7, 11) is 0. The van der Waals surface area contributed by atoms with E-state index in [-0.39, 0.29) is 148 Å². The SMILES string of the molecule is [Ca+2].[Mg+2].[OH-].[OH-].[OH-].[OH-].[OH-].[OH-].[OH-].[OH-].[Ti].[Ti]. The Morgan fingerprint density at radius 1 is 0.333 bits per heavy atom. The van der Waals surface area contributed by atoms with Crippen molar-refractivity contribution in [2.24, 2.45) is 0 Å². The van der Waals surface area contributed by atoms with Crippen molar-refractivity contribution in [3.8, 4) is 0 Å². The predicted octanol–water partition coefficient (Wildman–Crippen LogP) is -2.18. The molecule has 0 saturated carbocycles. The molecule has 0 spiro atoms. The summed E-state index contributed by atoms with van der Waals surface area (Å²) >= 11 is 0. The van der Waals surface area contributed by atoms with Crippen molar-refractivity contribution in [3.05, 3.63) is 0 Å². The number of hydrogen-bond donors (Lipinski definition) is 0. The minimum absolute atomic E-state index is 0. The van der Waals surface area contributed by atoms with Gasteiger partial charge < -0.3 is 43.8 Å². The summed E-state index contributed by atoms with van der Waals surface area (Å²) in [6.07, 6.45) is 0. The van der Waals surface area contributed by atoms with Gasteiger partial charge in [-0.15, -0.1) is 0 Å². The fourth-order valence-electron chi connectivity index (χ4n) is 0. The van der Waals surface area contributed by atoms with Crippen LogP contribution in [0.25, 0.3) is 0 Å². The van der Waals surface area contributed by atoms with Crippen molar-refractivity contribution < 1.29 is 87.2 Å². The Morgan fingerprint density at radius 2 is 0.333 bits per heavy atom. The van der Waals surface area contributed by atoms with Crippen LogP contribution in [0.3, 0.4) is 0 Å². The van der Waals surface area contributed by atoms with Crippen molar-refractivity contribution in [1.29, 1.82) is 0 Å². The first-order valence-corrected chi connectivity index (χ1v) is 0. The molecule has 0 aromatic rings. The zero-order chi connectivity index (χ0) is 0. The van der Waals surface area contributed by atoms with Crippen LogP contribution in [0, 0.1) is 0 Å². The molecule has 0 aliphatic heterocycles. The van der Waals surface area contributed by atoms with Crippen molar-refractivity contribution in [2.45, 2.75) is 0 Å². The Labute approximate surface area is 146 Å². The fourth-order valence-corrected chi connectivity index (χ4v) is 0. The van der Waals surface area contributed by atoms with Gasteiger partial charge in [0.25, 0.3) is 0 Å². The summed E-state index contributed by atoms with van der Waals surface area (Å²) in [6, 6.07) is 0. The van der Waals surface area contributed by atoms with Crippen LogP contribution in [-0.2, 0) is 43.4 Å². The Kier molecular flexibility index (Phi) is 6360. The summed E-state index contributed by atoms with van der Waals surface area (Å²) < 4.78 is 0. The molecule has 72 valence electrons. The molecule has 0 radical (unpaired) electrons. The van der Waals surface area contributed by atoms with Gasteiger partial charge in [-0.3, -0.25) is 0 Å². The van der Waals surface area contributed by atoms with Crippen molar-refractivity contribution in [1.82, 2.24) is 0 Å². The van der Waals surface area contributed by atoms with Gasteiger partial charge in [0.2, 0.25) is 0 Å². The fraction of sp³-hybridized carbons (Fsp3) is 0. The Balaban J connectivity index is 0. The largest absolute Gasteiger partial charge is 2.00 e. The van der Waals surface area contributed by atoms with E-state index in [2.05, 4.69) is 0 Å². The van der Waals surface area contributed by atoms with E-state index >= 15 is 0 Å². The molecule has 0 aliphatic carbocycles. The van der Waals surface area contributed by atoms with Crippen molar-refractivity contribution >= 4 is 60.8 Å². The van der Waals surface area contributed by atoms with E-state index in [0.29, 0.717) is 0 Å². The van der Waals surface area contributed by atoms with E-state index < -0.39 is 0 Å². The maximum atomic E-state index is 0. The predicted molar refractivity (Wildman–Crippen MR) is 27.0 cm³/mol. The molecule has 0 saturated heterocycles. The number of hydrogen-bond acceptors (Lipinski definition) is 8. The molecule has 0 fully saturated rings. The Bertz CT molecular complexity index is 17.0. The van der Waals surface area contributed by atoms with Gasteiger partial charge in [0.05, 0.1) is 0 Å². The molecule has 0 aromatic carbocycles. The quantitative estimate of drug-likeness (QED) is 0.443. The van der Waals surface area contributed by atoms with Gasteiger partial charge in [-0.05, 0) is 0 Å². The normalized spacial score (nSPS) is 0. The maximum absolute atomic E-state index is 0. The van der Waals surface area contributed by atoms with Crippen LogP contribution in [0.2, 0.25) is 0 Å². The first-order valence-electron chi connectivity index (χ1n) is 0. The molecular formula is H8CaMgO8Ti2-4. The van der Waals surface area contributed by atoms with Crippen LogP contribution >= 0.6 is 0 Å². The molecule has 0 amide bonds. The zero-order valence-corrected chi connectivity index (χ0v) is 12.7. The summed E-state index contributed by atoms with van der Waals surface area (Å²) in [6.45, 7) is 0. The molecule has 0 aromatic heterocycles. The molecule has 12 heteroatoms. The first-order chi connectivity index (χ1) is 0. The van der Waals surface area contributed by atoms with Crippen molar-refractivity contribution in [2.75, 3.05) is 0 Å². The second-order valence-corrected chi connectivity index (χ2v) is 0. The van der Waals surface area contributed by atoms with Gasteiger partial charge in [0.15, 0.2) is 0 Å². The second kappa shape index (κ2) is 248. The van der Waals surface area contributed by atoms with Gasteiger partial charge in [0.1, 0.15) is 0 Å². The molecule has 0 unspecified atom stereocenters. The summed E-state index contributed by atoms with van der Waals surface area (Å²) in [4.78, 5) is 0. The van der Waals surface area contributed by atoms with E-state index in [1.807, 2.05) is 0 Å². The minimum atomic E-state index is 0. The first kappa shape index (κ1) is 308. The van der Waals surface area contributed by atoms with Crippen LogP contribution in [0.4, 0.5) is 0 Å². The third-order valence-electron chi connectivity index (χ3n) is 0. The van der Waals surface area contributed by atoms with Crippen LogP contribution < -0.4 is 0 Å². The zero-order valence-electron chi connectivity index (χ0n) is 5.99. The van der Waals surface area contributed by atoms with Gasteiger partial charge >= 0.3 is 60.8 Å². The third kappa shape index (κ3) is 197. The van der Waals surface area contributed by atoms with E-state index in [1.54, 1.807) is 0 Å². The molecule has 8 N–H and O–H groups in total. The molecular weight excluding hydrogens is 288 g/mol. The van der Waals surface area contributed by atoms with Crippen molar-refractivity contribution in [3.63, 3.8) is 0 Å². The Hall–Kier alpha value is 3.13. The standard InChI is InChI=1S/Ca.Mg.8H2O.2Ti/h;;8*1H2;;/q2*+2;;;;;;;;;;/p-8. The molecule has 0 aliphatic rings. The summed E-state index contributed by atoms with van der Waals surface area (Å²) in [5.41, 5.74) is 0. The van der Waals surface area contributed by atoms with Gasteiger partial charge in [-0.1, -0.05) is 0 Å². The topological polar surface area (TPSA) is 240 Å². The average Bonchev–Trinajstić information content (AvgIpc) is 0. The molecule has 12 heavy (non-hydrogen) atoms. The monoisotopic (exact) mass is 296 g/mol. The van der Waals surface area contributed by atoms with Crippen LogP contribution in [0.1, 0.15) is 0 Å². The smallest absolute Gasteiger partial charge is 0.870 e. The molecule has 0 atom stereocenters. The molecule has 8 nitrogen and oxygen atoms in total. The van der Waals surface area contributed by atoms with Crippen LogP contribution in [0.5, 0.6) is 0 Å². The maximum Gasteiger partial charge on any atom is 2.00 e. The minimum Gasteiger partial charge on any atom is -0.870 e. The third-order valence-corrected chi connectivity index (χ3v) is 0. The number of rotatable bonds is 0. The Morgan fingerprint density at radius 3 is 0.333 bits per heavy atom.